The van der Waals surface area contributed by atoms with E-state index in [2.05, 4.69) is 15.1 Å². The van der Waals surface area contributed by atoms with Crippen LogP contribution in [-0.4, -0.2) is 74.2 Å². The number of rotatable bonds is 6. The van der Waals surface area contributed by atoms with Gasteiger partial charge in [0.05, 0.1) is 12.6 Å². The molecule has 0 spiro atoms. The normalized spacial score (nSPS) is 28.7. The first-order valence-electron chi connectivity index (χ1n) is 8.12. The molecular formula is C15H27N3O2. The van der Waals surface area contributed by atoms with Crippen LogP contribution in [0.3, 0.4) is 0 Å². The standard InChI is InChI=1S/C15H27N3O2/c19-15(16-10-13-3-4-13)12-18-7-5-17(6-8-18)11-14-2-1-9-20-14/h13-14H,1-12H2,(H,16,19). The molecule has 5 nitrogen and oxygen atoms in total. The van der Waals surface area contributed by atoms with Crippen molar-refractivity contribution >= 4 is 5.91 Å². The summed E-state index contributed by atoms with van der Waals surface area (Å²) >= 11 is 0. The molecule has 2 aliphatic heterocycles. The first-order chi connectivity index (χ1) is 9.79. The highest BCUT2D eigenvalue weighted by Gasteiger charge is 2.25. The van der Waals surface area contributed by atoms with Crippen LogP contribution in [0.15, 0.2) is 0 Å². The van der Waals surface area contributed by atoms with Gasteiger partial charge in [-0.3, -0.25) is 14.6 Å². The molecule has 114 valence electrons. The molecular weight excluding hydrogens is 254 g/mol. The van der Waals surface area contributed by atoms with Crippen LogP contribution in [0.2, 0.25) is 0 Å². The SMILES string of the molecule is O=C(CN1CCN(CC2CCCO2)CC1)NCC1CC1. The van der Waals surface area contributed by atoms with Crippen molar-refractivity contribution in [3.8, 4) is 0 Å². The summed E-state index contributed by atoms with van der Waals surface area (Å²) in [6.45, 7) is 7.60. The van der Waals surface area contributed by atoms with Crippen molar-refractivity contribution in [2.75, 3.05) is 52.4 Å². The number of ether oxygens (including phenoxy) is 1. The Kier molecular flexibility index (Phi) is 4.91. The lowest BCUT2D eigenvalue weighted by Crippen LogP contribution is -2.51. The second-order valence-corrected chi connectivity index (χ2v) is 6.46. The van der Waals surface area contributed by atoms with E-state index in [0.717, 1.165) is 51.8 Å². The molecule has 2 saturated heterocycles. The third-order valence-electron chi connectivity index (χ3n) is 4.60. The fourth-order valence-corrected chi connectivity index (χ4v) is 3.05. The van der Waals surface area contributed by atoms with Gasteiger partial charge in [0, 0.05) is 45.9 Å². The molecule has 1 saturated carbocycles. The molecule has 20 heavy (non-hydrogen) atoms. The molecule has 2 heterocycles. The van der Waals surface area contributed by atoms with E-state index in [1.807, 2.05) is 0 Å². The van der Waals surface area contributed by atoms with E-state index in [-0.39, 0.29) is 5.91 Å². The van der Waals surface area contributed by atoms with Crippen LogP contribution >= 0.6 is 0 Å². The number of hydrogen-bond acceptors (Lipinski definition) is 4. The number of piperazine rings is 1. The zero-order valence-corrected chi connectivity index (χ0v) is 12.4. The van der Waals surface area contributed by atoms with Crippen LogP contribution in [0.5, 0.6) is 0 Å². The van der Waals surface area contributed by atoms with Gasteiger partial charge >= 0.3 is 0 Å². The van der Waals surface area contributed by atoms with E-state index in [0.29, 0.717) is 12.6 Å². The summed E-state index contributed by atoms with van der Waals surface area (Å²) in [5.41, 5.74) is 0. The van der Waals surface area contributed by atoms with Crippen molar-refractivity contribution in [2.45, 2.75) is 31.8 Å². The molecule has 1 atom stereocenters. The van der Waals surface area contributed by atoms with Gasteiger partial charge in [-0.05, 0) is 31.6 Å². The summed E-state index contributed by atoms with van der Waals surface area (Å²) in [5, 5.41) is 3.05. The first-order valence-corrected chi connectivity index (χ1v) is 8.12. The van der Waals surface area contributed by atoms with Crippen molar-refractivity contribution in [2.24, 2.45) is 5.92 Å². The van der Waals surface area contributed by atoms with Gasteiger partial charge < -0.3 is 10.1 Å². The van der Waals surface area contributed by atoms with E-state index in [9.17, 15) is 4.79 Å². The Morgan fingerprint density at radius 1 is 1.10 bits per heavy atom. The third-order valence-corrected chi connectivity index (χ3v) is 4.60. The van der Waals surface area contributed by atoms with E-state index >= 15 is 0 Å². The number of amides is 1. The molecule has 1 unspecified atom stereocenters. The minimum absolute atomic E-state index is 0.199. The lowest BCUT2D eigenvalue weighted by molar-refractivity contribution is -0.122. The van der Waals surface area contributed by atoms with Crippen LogP contribution in [-0.2, 0) is 9.53 Å². The van der Waals surface area contributed by atoms with Crippen molar-refractivity contribution in [3.63, 3.8) is 0 Å². The summed E-state index contributed by atoms with van der Waals surface area (Å²) in [5.74, 6) is 0.965. The van der Waals surface area contributed by atoms with Gasteiger partial charge in [-0.2, -0.15) is 0 Å². The Hall–Kier alpha value is -0.650. The van der Waals surface area contributed by atoms with Gasteiger partial charge in [-0.15, -0.1) is 0 Å². The molecule has 0 radical (unpaired) electrons. The summed E-state index contributed by atoms with van der Waals surface area (Å²) in [6.07, 6.45) is 5.46. The molecule has 0 aromatic heterocycles. The van der Waals surface area contributed by atoms with Crippen LogP contribution in [0.1, 0.15) is 25.7 Å². The predicted molar refractivity (Wildman–Crippen MR) is 77.6 cm³/mol. The minimum Gasteiger partial charge on any atom is -0.377 e. The molecule has 1 amide bonds. The molecule has 0 bridgehead atoms. The van der Waals surface area contributed by atoms with Crippen molar-refractivity contribution in [1.29, 1.82) is 0 Å². The predicted octanol–water partition coefficient (Wildman–Crippen LogP) is 0.309. The van der Waals surface area contributed by atoms with Gasteiger partial charge in [0.15, 0.2) is 0 Å². The average Bonchev–Trinajstić information content (AvgIpc) is 3.15. The van der Waals surface area contributed by atoms with Crippen LogP contribution in [0.4, 0.5) is 0 Å². The lowest BCUT2D eigenvalue weighted by Gasteiger charge is -2.35. The Morgan fingerprint density at radius 3 is 2.50 bits per heavy atom. The highest BCUT2D eigenvalue weighted by Crippen LogP contribution is 2.27. The molecule has 5 heteroatoms. The van der Waals surface area contributed by atoms with Crippen LogP contribution in [0.25, 0.3) is 0 Å². The molecule has 0 aromatic carbocycles. The Balaban J connectivity index is 1.29. The van der Waals surface area contributed by atoms with E-state index < -0.39 is 0 Å². The zero-order valence-electron chi connectivity index (χ0n) is 12.4. The maximum Gasteiger partial charge on any atom is 0.234 e. The molecule has 1 aliphatic carbocycles. The van der Waals surface area contributed by atoms with Gasteiger partial charge in [-0.1, -0.05) is 0 Å². The van der Waals surface area contributed by atoms with Crippen molar-refractivity contribution < 1.29 is 9.53 Å². The number of hydrogen-bond donors (Lipinski definition) is 1. The Morgan fingerprint density at radius 2 is 1.85 bits per heavy atom. The maximum atomic E-state index is 11.8. The highest BCUT2D eigenvalue weighted by atomic mass is 16.5. The van der Waals surface area contributed by atoms with Gasteiger partial charge in [0.1, 0.15) is 0 Å². The topological polar surface area (TPSA) is 44.8 Å². The fraction of sp³-hybridized carbons (Fsp3) is 0.933. The smallest absolute Gasteiger partial charge is 0.234 e. The van der Waals surface area contributed by atoms with Gasteiger partial charge in [0.2, 0.25) is 5.91 Å². The summed E-state index contributed by atoms with van der Waals surface area (Å²) in [4.78, 5) is 16.6. The number of nitrogens with zero attached hydrogens (tertiary/aromatic N) is 2. The van der Waals surface area contributed by atoms with E-state index in [1.165, 1.54) is 25.7 Å². The van der Waals surface area contributed by atoms with E-state index in [4.69, 9.17) is 4.74 Å². The van der Waals surface area contributed by atoms with Crippen molar-refractivity contribution in [3.05, 3.63) is 0 Å². The minimum atomic E-state index is 0.199. The summed E-state index contributed by atoms with van der Waals surface area (Å²) in [7, 11) is 0. The Labute approximate surface area is 121 Å². The van der Waals surface area contributed by atoms with Crippen LogP contribution < -0.4 is 5.32 Å². The second-order valence-electron chi connectivity index (χ2n) is 6.46. The van der Waals surface area contributed by atoms with E-state index in [1.54, 1.807) is 0 Å². The summed E-state index contributed by atoms with van der Waals surface area (Å²) in [6, 6.07) is 0. The monoisotopic (exact) mass is 281 g/mol. The van der Waals surface area contributed by atoms with Gasteiger partial charge in [0.25, 0.3) is 0 Å². The van der Waals surface area contributed by atoms with Gasteiger partial charge in [-0.25, -0.2) is 0 Å². The largest absolute Gasteiger partial charge is 0.377 e. The zero-order chi connectivity index (χ0) is 13.8. The third kappa shape index (κ3) is 4.43. The highest BCUT2D eigenvalue weighted by molar-refractivity contribution is 5.78. The van der Waals surface area contributed by atoms with Crippen molar-refractivity contribution in [1.82, 2.24) is 15.1 Å². The molecule has 0 aromatic rings. The molecule has 3 rings (SSSR count). The quantitative estimate of drug-likeness (QED) is 0.761. The maximum absolute atomic E-state index is 11.8. The molecule has 3 aliphatic rings. The Bertz CT molecular complexity index is 319. The number of nitrogens with one attached hydrogen (secondary N) is 1. The molecule has 3 fully saturated rings. The lowest BCUT2D eigenvalue weighted by atomic mass is 10.2. The molecule has 1 N–H and O–H groups in total. The average molecular weight is 281 g/mol. The summed E-state index contributed by atoms with van der Waals surface area (Å²) < 4.78 is 5.69. The number of carbonyl (C=O) groups excluding carboxylic acids is 1. The second kappa shape index (κ2) is 6.87. The first kappa shape index (κ1) is 14.3. The van der Waals surface area contributed by atoms with Crippen LogP contribution in [0, 0.1) is 5.92 Å². The number of carbonyl (C=O) groups is 1. The fourth-order valence-electron chi connectivity index (χ4n) is 3.05.